The number of nitrogens with zero attached hydrogens (tertiary/aromatic N) is 2. The molecule has 0 aliphatic heterocycles. The van der Waals surface area contributed by atoms with E-state index in [-0.39, 0.29) is 15.6 Å². The number of nitrogens with one attached hydrogen (secondary N) is 1. The lowest BCUT2D eigenvalue weighted by atomic mass is 10.2. The Kier molecular flexibility index (Phi) is 7.75. The van der Waals surface area contributed by atoms with Crippen LogP contribution in [0.2, 0.25) is 10.0 Å². The van der Waals surface area contributed by atoms with Gasteiger partial charge in [0.15, 0.2) is 0 Å². The lowest BCUT2D eigenvalue weighted by Gasteiger charge is -2.24. The third-order valence-electron chi connectivity index (χ3n) is 4.83. The van der Waals surface area contributed by atoms with Gasteiger partial charge in [-0.3, -0.25) is 9.10 Å². The summed E-state index contributed by atoms with van der Waals surface area (Å²) in [5.41, 5.74) is 3.69. The number of anilines is 1. The van der Waals surface area contributed by atoms with Crippen molar-refractivity contribution >= 4 is 50.5 Å². The summed E-state index contributed by atoms with van der Waals surface area (Å²) in [6.45, 7) is -0.439. The van der Waals surface area contributed by atoms with Crippen LogP contribution in [0.25, 0.3) is 0 Å². The van der Waals surface area contributed by atoms with E-state index in [0.717, 1.165) is 48.5 Å². The minimum atomic E-state index is -4.01. The maximum atomic E-state index is 13.2. The van der Waals surface area contributed by atoms with Crippen LogP contribution in [0.1, 0.15) is 38.5 Å². The summed E-state index contributed by atoms with van der Waals surface area (Å²) in [7, 11) is -4.01. The largest absolute Gasteiger partial charge is 0.271 e. The van der Waals surface area contributed by atoms with E-state index in [0.29, 0.717) is 5.02 Å². The molecule has 0 bridgehead atoms. The number of sulfonamides is 1. The topological polar surface area (TPSA) is 78.8 Å². The number of amides is 1. The van der Waals surface area contributed by atoms with E-state index >= 15 is 0 Å². The van der Waals surface area contributed by atoms with E-state index in [1.165, 1.54) is 30.3 Å². The zero-order chi connectivity index (χ0) is 21.6. The van der Waals surface area contributed by atoms with Crippen LogP contribution < -0.4 is 9.73 Å². The van der Waals surface area contributed by atoms with E-state index in [4.69, 9.17) is 23.2 Å². The van der Waals surface area contributed by atoms with Crippen molar-refractivity contribution in [3.63, 3.8) is 0 Å². The Bertz CT molecular complexity index is 1020. The SMILES string of the molecule is O=C(CN(c1ccc(Cl)c(Cl)c1)S(=O)(=O)c1ccccc1)NN=C1CCCCCC1. The van der Waals surface area contributed by atoms with Crippen LogP contribution in [0.5, 0.6) is 0 Å². The second kappa shape index (κ2) is 10.3. The van der Waals surface area contributed by atoms with E-state index in [1.807, 2.05) is 0 Å². The van der Waals surface area contributed by atoms with E-state index in [2.05, 4.69) is 10.5 Å². The molecule has 0 saturated heterocycles. The maximum absolute atomic E-state index is 13.2. The highest BCUT2D eigenvalue weighted by molar-refractivity contribution is 7.92. The van der Waals surface area contributed by atoms with Crippen LogP contribution in [0, 0.1) is 0 Å². The summed E-state index contributed by atoms with van der Waals surface area (Å²) in [5, 5.41) is 4.71. The van der Waals surface area contributed by atoms with Gasteiger partial charge in [-0.05, 0) is 56.0 Å². The molecule has 1 aliphatic carbocycles. The van der Waals surface area contributed by atoms with Gasteiger partial charge in [-0.25, -0.2) is 13.8 Å². The first-order valence-corrected chi connectivity index (χ1v) is 11.9. The van der Waals surface area contributed by atoms with Gasteiger partial charge in [0, 0.05) is 5.71 Å². The van der Waals surface area contributed by atoms with Crippen LogP contribution >= 0.6 is 23.2 Å². The standard InChI is InChI=1S/C21H23Cl2N3O3S/c22-19-13-12-17(14-20(19)23)26(30(28,29)18-10-6-3-7-11-18)15-21(27)25-24-16-8-4-1-2-5-9-16/h3,6-7,10-14H,1-2,4-5,8-9,15H2,(H,25,27). The minimum Gasteiger partial charge on any atom is -0.271 e. The van der Waals surface area contributed by atoms with Gasteiger partial charge in [0.1, 0.15) is 6.54 Å². The Hall–Kier alpha value is -2.09. The highest BCUT2D eigenvalue weighted by Crippen LogP contribution is 2.30. The van der Waals surface area contributed by atoms with Crippen LogP contribution in [-0.2, 0) is 14.8 Å². The molecule has 0 atom stereocenters. The van der Waals surface area contributed by atoms with Gasteiger partial charge in [0.25, 0.3) is 15.9 Å². The number of rotatable bonds is 6. The van der Waals surface area contributed by atoms with Crippen molar-refractivity contribution in [2.75, 3.05) is 10.8 Å². The van der Waals surface area contributed by atoms with Crippen LogP contribution in [0.4, 0.5) is 5.69 Å². The van der Waals surface area contributed by atoms with Crippen molar-refractivity contribution in [1.29, 1.82) is 0 Å². The van der Waals surface area contributed by atoms with Crippen molar-refractivity contribution < 1.29 is 13.2 Å². The summed E-state index contributed by atoms with van der Waals surface area (Å²) < 4.78 is 27.5. The first-order valence-electron chi connectivity index (χ1n) is 9.75. The molecule has 1 saturated carbocycles. The van der Waals surface area contributed by atoms with Crippen molar-refractivity contribution in [2.45, 2.75) is 43.4 Å². The zero-order valence-electron chi connectivity index (χ0n) is 16.4. The lowest BCUT2D eigenvalue weighted by molar-refractivity contribution is -0.119. The molecule has 30 heavy (non-hydrogen) atoms. The lowest BCUT2D eigenvalue weighted by Crippen LogP contribution is -2.39. The Morgan fingerprint density at radius 2 is 1.63 bits per heavy atom. The van der Waals surface area contributed by atoms with Gasteiger partial charge < -0.3 is 0 Å². The number of hydrogen-bond acceptors (Lipinski definition) is 4. The van der Waals surface area contributed by atoms with E-state index in [1.54, 1.807) is 18.2 Å². The number of hydrogen-bond donors (Lipinski definition) is 1. The molecule has 0 heterocycles. The number of halogens is 2. The monoisotopic (exact) mass is 467 g/mol. The van der Waals surface area contributed by atoms with E-state index < -0.39 is 22.5 Å². The maximum Gasteiger partial charge on any atom is 0.264 e. The fourth-order valence-corrected chi connectivity index (χ4v) is 4.96. The summed E-state index contributed by atoms with van der Waals surface area (Å²) in [6, 6.07) is 12.4. The first kappa shape index (κ1) is 22.6. The normalized spacial score (nSPS) is 14.7. The third kappa shape index (κ3) is 5.74. The quantitative estimate of drug-likeness (QED) is 0.478. The predicted molar refractivity (Wildman–Crippen MR) is 121 cm³/mol. The summed E-state index contributed by atoms with van der Waals surface area (Å²) in [5.74, 6) is -0.530. The number of carbonyl (C=O) groups excluding carboxylic acids is 1. The Balaban J connectivity index is 1.86. The van der Waals surface area contributed by atoms with Gasteiger partial charge in [-0.15, -0.1) is 0 Å². The van der Waals surface area contributed by atoms with Crippen molar-refractivity contribution in [3.05, 3.63) is 58.6 Å². The summed E-state index contributed by atoms with van der Waals surface area (Å²) >= 11 is 12.1. The Morgan fingerprint density at radius 3 is 2.27 bits per heavy atom. The molecule has 1 N–H and O–H groups in total. The number of carbonyl (C=O) groups is 1. The average molecular weight is 468 g/mol. The van der Waals surface area contributed by atoms with Gasteiger partial charge in [0.2, 0.25) is 0 Å². The molecule has 2 aromatic carbocycles. The molecule has 0 aromatic heterocycles. The first-order chi connectivity index (χ1) is 14.4. The zero-order valence-corrected chi connectivity index (χ0v) is 18.7. The number of benzene rings is 2. The molecule has 0 unspecified atom stereocenters. The molecule has 9 heteroatoms. The molecule has 1 aliphatic rings. The second-order valence-corrected chi connectivity index (χ2v) is 9.73. The molecular weight excluding hydrogens is 445 g/mol. The smallest absolute Gasteiger partial charge is 0.264 e. The fourth-order valence-electron chi connectivity index (χ4n) is 3.23. The molecule has 3 rings (SSSR count). The molecule has 2 aromatic rings. The second-order valence-electron chi connectivity index (χ2n) is 7.05. The third-order valence-corrected chi connectivity index (χ3v) is 7.36. The van der Waals surface area contributed by atoms with Gasteiger partial charge >= 0.3 is 0 Å². The Morgan fingerprint density at radius 1 is 0.967 bits per heavy atom. The fraction of sp³-hybridized carbons (Fsp3) is 0.333. The molecule has 1 amide bonds. The van der Waals surface area contributed by atoms with Crippen LogP contribution in [0.3, 0.4) is 0 Å². The molecule has 160 valence electrons. The van der Waals surface area contributed by atoms with Gasteiger partial charge in [-0.2, -0.15) is 5.10 Å². The highest BCUT2D eigenvalue weighted by atomic mass is 35.5. The minimum absolute atomic E-state index is 0.0685. The van der Waals surface area contributed by atoms with Gasteiger partial charge in [0.05, 0.1) is 20.6 Å². The number of hydrazone groups is 1. The molecule has 0 spiro atoms. The van der Waals surface area contributed by atoms with Crippen molar-refractivity contribution in [2.24, 2.45) is 5.10 Å². The average Bonchev–Trinajstić information content (AvgIpc) is 3.02. The van der Waals surface area contributed by atoms with Crippen molar-refractivity contribution in [1.82, 2.24) is 5.43 Å². The summed E-state index contributed by atoms with van der Waals surface area (Å²) in [4.78, 5) is 12.7. The summed E-state index contributed by atoms with van der Waals surface area (Å²) in [6.07, 6.45) is 6.11. The Labute approximate surface area is 186 Å². The molecule has 6 nitrogen and oxygen atoms in total. The van der Waals surface area contributed by atoms with Crippen LogP contribution in [0.15, 0.2) is 58.5 Å². The predicted octanol–water partition coefficient (Wildman–Crippen LogP) is 5.02. The molecular formula is C21H23Cl2N3O3S. The van der Waals surface area contributed by atoms with Gasteiger partial charge in [-0.1, -0.05) is 54.2 Å². The van der Waals surface area contributed by atoms with Crippen LogP contribution in [-0.4, -0.2) is 26.6 Å². The highest BCUT2D eigenvalue weighted by Gasteiger charge is 2.27. The molecule has 0 radical (unpaired) electrons. The van der Waals surface area contributed by atoms with Crippen molar-refractivity contribution in [3.8, 4) is 0 Å². The molecule has 1 fully saturated rings. The van der Waals surface area contributed by atoms with E-state index in [9.17, 15) is 13.2 Å².